The summed E-state index contributed by atoms with van der Waals surface area (Å²) in [7, 11) is 1.60. The van der Waals surface area contributed by atoms with E-state index in [2.05, 4.69) is 30.5 Å². The zero-order valence-electron chi connectivity index (χ0n) is 19.0. The van der Waals surface area contributed by atoms with Crippen LogP contribution in [0.25, 0.3) is 0 Å². The Morgan fingerprint density at radius 2 is 1.94 bits per heavy atom. The van der Waals surface area contributed by atoms with Crippen LogP contribution in [0.15, 0.2) is 36.5 Å². The van der Waals surface area contributed by atoms with Crippen molar-refractivity contribution >= 4 is 11.6 Å². The summed E-state index contributed by atoms with van der Waals surface area (Å²) in [6.07, 6.45) is 4.08. The van der Waals surface area contributed by atoms with E-state index in [0.717, 1.165) is 31.6 Å². The maximum absolute atomic E-state index is 13.6. The van der Waals surface area contributed by atoms with E-state index in [1.54, 1.807) is 30.1 Å². The molecular weight excluding hydrogens is 425 g/mol. The molecule has 0 spiro atoms. The van der Waals surface area contributed by atoms with Crippen LogP contribution in [-0.4, -0.2) is 51.2 Å². The number of nitrogens with one attached hydrogen (secondary N) is 1. The molecule has 0 amide bonds. The van der Waals surface area contributed by atoms with Gasteiger partial charge in [-0.2, -0.15) is 10.1 Å². The van der Waals surface area contributed by atoms with Crippen LogP contribution >= 0.6 is 0 Å². The maximum Gasteiger partial charge on any atom is 0.322 e. The normalized spacial score (nSPS) is 22.0. The number of fused-ring (bicyclic) bond motifs is 2. The number of hydrogen-bond donors (Lipinski definition) is 1. The molecule has 2 aliphatic rings. The van der Waals surface area contributed by atoms with Gasteiger partial charge in [0, 0.05) is 31.3 Å². The third kappa shape index (κ3) is 4.42. The molecule has 1 aromatic carbocycles. The Hall–Kier alpha value is -3.43. The number of anilines is 2. The van der Waals surface area contributed by atoms with E-state index in [9.17, 15) is 4.39 Å². The molecule has 1 saturated carbocycles. The van der Waals surface area contributed by atoms with Gasteiger partial charge in [0.2, 0.25) is 11.8 Å². The van der Waals surface area contributed by atoms with Crippen molar-refractivity contribution in [1.29, 1.82) is 0 Å². The highest BCUT2D eigenvalue weighted by molar-refractivity contribution is 5.48. The van der Waals surface area contributed by atoms with Crippen LogP contribution in [0.5, 0.6) is 17.6 Å². The van der Waals surface area contributed by atoms with Gasteiger partial charge in [-0.05, 0) is 50.7 Å². The number of ether oxygens (including phenoxy) is 2. The second kappa shape index (κ2) is 8.84. The molecule has 2 bridgehead atoms. The second-order valence-electron chi connectivity index (χ2n) is 8.94. The summed E-state index contributed by atoms with van der Waals surface area (Å²) in [6, 6.07) is 8.64. The monoisotopic (exact) mass is 453 g/mol. The van der Waals surface area contributed by atoms with Gasteiger partial charge in [0.15, 0.2) is 0 Å². The lowest BCUT2D eigenvalue weighted by Crippen LogP contribution is -2.48. The zero-order valence-corrected chi connectivity index (χ0v) is 19.0. The minimum Gasteiger partial charge on any atom is -0.480 e. The fourth-order valence-electron chi connectivity index (χ4n) is 4.84. The topological polar surface area (TPSA) is 90.2 Å². The number of benzene rings is 1. The van der Waals surface area contributed by atoms with Crippen molar-refractivity contribution in [2.24, 2.45) is 11.8 Å². The molecule has 33 heavy (non-hydrogen) atoms. The van der Waals surface area contributed by atoms with Crippen LogP contribution in [0.2, 0.25) is 0 Å². The van der Waals surface area contributed by atoms with Gasteiger partial charge in [-0.15, -0.1) is 10.2 Å². The fourth-order valence-corrected chi connectivity index (χ4v) is 4.84. The van der Waals surface area contributed by atoms with E-state index < -0.39 is 0 Å². The van der Waals surface area contributed by atoms with E-state index in [1.165, 1.54) is 12.1 Å². The van der Waals surface area contributed by atoms with Crippen molar-refractivity contribution in [3.63, 3.8) is 0 Å². The number of piperidine rings is 1. The first-order chi connectivity index (χ1) is 16.0. The van der Waals surface area contributed by atoms with Crippen molar-refractivity contribution in [2.75, 3.05) is 30.4 Å². The van der Waals surface area contributed by atoms with Crippen molar-refractivity contribution in [3.05, 3.63) is 42.3 Å². The maximum atomic E-state index is 13.6. The van der Waals surface area contributed by atoms with Gasteiger partial charge >= 0.3 is 6.01 Å². The molecule has 174 valence electrons. The molecule has 1 N–H and O–H groups in total. The van der Waals surface area contributed by atoms with Gasteiger partial charge in [0.05, 0.1) is 25.0 Å². The first-order valence-electron chi connectivity index (χ1n) is 11.3. The third-order valence-electron chi connectivity index (χ3n) is 6.42. The molecule has 10 heteroatoms. The number of hydrogen-bond acceptors (Lipinski definition) is 8. The van der Waals surface area contributed by atoms with Gasteiger partial charge in [-0.25, -0.2) is 9.07 Å². The lowest BCUT2D eigenvalue weighted by molar-refractivity contribution is 0.371. The van der Waals surface area contributed by atoms with Crippen LogP contribution in [0.1, 0.15) is 32.7 Å². The van der Waals surface area contributed by atoms with E-state index in [-0.39, 0.29) is 17.9 Å². The fraction of sp³-hybridized carbons (Fsp3) is 0.478. The first kappa shape index (κ1) is 21.4. The SMILES string of the molecule is COc1cc(N2C[C@H]3CC[C@H](C2)C3Nc2nc(Oc3cccc(F)c3)n(C(C)C)n2)cnn1. The quantitative estimate of drug-likeness (QED) is 0.576. The molecule has 2 atom stereocenters. The van der Waals surface area contributed by atoms with E-state index in [0.29, 0.717) is 35.4 Å². The molecule has 3 heterocycles. The van der Waals surface area contributed by atoms with Crippen molar-refractivity contribution in [2.45, 2.75) is 38.8 Å². The molecule has 1 aliphatic carbocycles. The molecule has 0 radical (unpaired) electrons. The van der Waals surface area contributed by atoms with Crippen LogP contribution in [0, 0.1) is 17.7 Å². The first-order valence-corrected chi connectivity index (χ1v) is 11.3. The van der Waals surface area contributed by atoms with Crippen LogP contribution in [0.4, 0.5) is 16.0 Å². The smallest absolute Gasteiger partial charge is 0.322 e. The Morgan fingerprint density at radius 3 is 2.64 bits per heavy atom. The molecule has 1 saturated heterocycles. The summed E-state index contributed by atoms with van der Waals surface area (Å²) in [5.41, 5.74) is 1.03. The largest absolute Gasteiger partial charge is 0.480 e. The summed E-state index contributed by atoms with van der Waals surface area (Å²) < 4.78 is 26.4. The highest BCUT2D eigenvalue weighted by atomic mass is 19.1. The Kier molecular flexibility index (Phi) is 5.74. The Labute approximate surface area is 191 Å². The van der Waals surface area contributed by atoms with Crippen LogP contribution in [0.3, 0.4) is 0 Å². The summed E-state index contributed by atoms with van der Waals surface area (Å²) in [4.78, 5) is 6.95. The predicted molar refractivity (Wildman–Crippen MR) is 121 cm³/mol. The van der Waals surface area contributed by atoms with Gasteiger partial charge in [0.1, 0.15) is 11.6 Å². The minimum absolute atomic E-state index is 0.0457. The molecule has 1 aliphatic heterocycles. The number of aromatic nitrogens is 5. The highest BCUT2D eigenvalue weighted by Crippen LogP contribution is 2.40. The highest BCUT2D eigenvalue weighted by Gasteiger charge is 2.43. The van der Waals surface area contributed by atoms with Crippen LogP contribution in [-0.2, 0) is 0 Å². The summed E-state index contributed by atoms with van der Waals surface area (Å²) in [5, 5.41) is 16.3. The third-order valence-corrected chi connectivity index (χ3v) is 6.42. The zero-order chi connectivity index (χ0) is 22.9. The van der Waals surface area contributed by atoms with Gasteiger partial charge in [0.25, 0.3) is 0 Å². The number of methoxy groups -OCH3 is 1. The van der Waals surface area contributed by atoms with Gasteiger partial charge in [-0.1, -0.05) is 6.07 Å². The van der Waals surface area contributed by atoms with Crippen molar-refractivity contribution < 1.29 is 13.9 Å². The second-order valence-corrected chi connectivity index (χ2v) is 8.94. The Morgan fingerprint density at radius 1 is 1.15 bits per heavy atom. The minimum atomic E-state index is -0.355. The molecule has 5 rings (SSSR count). The van der Waals surface area contributed by atoms with Gasteiger partial charge in [-0.3, -0.25) is 0 Å². The van der Waals surface area contributed by atoms with Gasteiger partial charge < -0.3 is 19.7 Å². The Bertz CT molecular complexity index is 1110. The Balaban J connectivity index is 1.31. The van der Waals surface area contributed by atoms with Crippen molar-refractivity contribution in [3.8, 4) is 17.6 Å². The average Bonchev–Trinajstić information content (AvgIpc) is 3.29. The number of rotatable bonds is 7. The lowest BCUT2D eigenvalue weighted by atomic mass is 9.92. The summed E-state index contributed by atoms with van der Waals surface area (Å²) in [6.45, 7) is 5.85. The average molecular weight is 454 g/mol. The van der Waals surface area contributed by atoms with E-state index in [1.807, 2.05) is 19.9 Å². The lowest BCUT2D eigenvalue weighted by Gasteiger charge is -2.39. The molecular formula is C23H28FN7O2. The van der Waals surface area contributed by atoms with Crippen molar-refractivity contribution in [1.82, 2.24) is 25.0 Å². The van der Waals surface area contributed by atoms with E-state index >= 15 is 0 Å². The summed E-state index contributed by atoms with van der Waals surface area (Å²) >= 11 is 0. The number of halogens is 1. The van der Waals surface area contributed by atoms with Crippen LogP contribution < -0.4 is 19.7 Å². The predicted octanol–water partition coefficient (Wildman–Crippen LogP) is 3.92. The standard InChI is InChI=1S/C23H28FN7O2/c1-14(2)31-23(33-19-6-4-5-17(24)9-19)27-22(29-31)26-21-15-7-8-16(21)13-30(12-15)18-10-20(32-3)28-25-11-18/h4-6,9-11,14-16,21H,7-8,12-13H2,1-3H3,(H,26,29)/t15-,16-/m1/s1. The number of nitrogens with zero attached hydrogens (tertiary/aromatic N) is 6. The molecule has 3 aromatic rings. The molecule has 2 fully saturated rings. The molecule has 2 aromatic heterocycles. The summed E-state index contributed by atoms with van der Waals surface area (Å²) in [5.74, 6) is 2.02. The molecule has 9 nitrogen and oxygen atoms in total. The molecule has 0 unspecified atom stereocenters. The van der Waals surface area contributed by atoms with E-state index in [4.69, 9.17) is 9.47 Å².